The highest BCUT2D eigenvalue weighted by atomic mass is 28.3. The van der Waals surface area contributed by atoms with E-state index in [1.165, 1.54) is 113 Å². The van der Waals surface area contributed by atoms with Crippen LogP contribution in [0.5, 0.6) is 0 Å². The van der Waals surface area contributed by atoms with Crippen LogP contribution in [-0.4, -0.2) is 27.4 Å². The molecule has 0 bridgehead atoms. The van der Waals surface area contributed by atoms with E-state index < -0.39 is 16.1 Å². The predicted octanol–water partition coefficient (Wildman–Crippen LogP) is 15.9. The third-order valence-corrected chi connectivity index (χ3v) is 30.8. The second-order valence-corrected chi connectivity index (χ2v) is 36.4. The monoisotopic (exact) mass is 1290 g/mol. The molecule has 0 fully saturated rings. The van der Waals surface area contributed by atoms with Gasteiger partial charge in [0.15, 0.2) is 16.1 Å². The molecular weight excluding hydrogens is 1210 g/mol. The SMILES string of the molecule is CC(C)(C)c1ccc2c(c1)B1c3cc(C(C)(C)C)cc(-c4ccccc4)c3N(c3ccc([Si](c4ccccc4)(c4ccccc4)c4ccccc4)cc3)c3cc(-n4c5ccccc5c5ccccc54)cc(c31)N2c1ccc([Si](c2ccccc2)(c2ccccc2)c2ccccc2)cc1. The zero-order valence-electron chi connectivity index (χ0n) is 56.4. The molecule has 470 valence electrons. The Morgan fingerprint density at radius 3 is 1.03 bits per heavy atom. The molecule has 3 heterocycles. The van der Waals surface area contributed by atoms with Crippen LogP contribution < -0.4 is 67.7 Å². The van der Waals surface area contributed by atoms with Crippen molar-refractivity contribution in [3.63, 3.8) is 0 Å². The van der Waals surface area contributed by atoms with Crippen LogP contribution in [-0.2, 0) is 10.8 Å². The highest BCUT2D eigenvalue weighted by Crippen LogP contribution is 2.50. The minimum atomic E-state index is -2.93. The summed E-state index contributed by atoms with van der Waals surface area (Å²) in [5.74, 6) is 0. The Hall–Kier alpha value is -11.0. The number of rotatable bonds is 12. The van der Waals surface area contributed by atoms with E-state index in [1.807, 2.05) is 0 Å². The van der Waals surface area contributed by atoms with Crippen LogP contribution in [0.15, 0.2) is 352 Å². The standard InChI is InChI=1S/C92H76BN3Si2/c1-91(2,3)66-50-59-86-82(61-66)93-83-62-67(92(4,5)6)60-81(65-32-14-7-15-33-65)90(83)96(69-53-57-78(58-54-69)98(74-40-22-11-23-41-74,75-42-24-12-25-43-75)76-44-26-13-27-45-76)88-64-70(95-84-48-30-28-46-79(84)80-47-29-31-49-85(80)95)63-87(89(88)93)94(86)68-51-55-77(56-52-68)97(71-34-16-8-17-35-71,72-36-18-9-19-37-72)73-38-20-10-21-39-73/h7-64H,1-6H3. The summed E-state index contributed by atoms with van der Waals surface area (Å²) in [5, 5.41) is 13.2. The van der Waals surface area contributed by atoms with Gasteiger partial charge in [0.2, 0.25) is 0 Å². The average Bonchev–Trinajstić information content (AvgIpc) is 0.724. The van der Waals surface area contributed by atoms with E-state index in [0.29, 0.717) is 0 Å². The fraction of sp³-hybridized carbons (Fsp3) is 0.0870. The van der Waals surface area contributed by atoms with Gasteiger partial charge >= 0.3 is 0 Å². The van der Waals surface area contributed by atoms with Crippen LogP contribution >= 0.6 is 0 Å². The number of hydrogen-bond acceptors (Lipinski definition) is 2. The molecule has 2 aliphatic heterocycles. The van der Waals surface area contributed by atoms with Crippen molar-refractivity contribution in [2.24, 2.45) is 0 Å². The minimum Gasteiger partial charge on any atom is -0.311 e. The van der Waals surface area contributed by atoms with E-state index >= 15 is 0 Å². The molecule has 0 saturated carbocycles. The maximum Gasteiger partial charge on any atom is 0.252 e. The van der Waals surface area contributed by atoms with Gasteiger partial charge in [0.05, 0.1) is 16.7 Å². The Kier molecular flexibility index (Phi) is 14.8. The highest BCUT2D eigenvalue weighted by molar-refractivity contribution is 7.20. The molecule has 0 amide bonds. The second kappa shape index (κ2) is 24.0. The third-order valence-electron chi connectivity index (χ3n) is 21.2. The lowest BCUT2D eigenvalue weighted by Gasteiger charge is -2.46. The van der Waals surface area contributed by atoms with Crippen molar-refractivity contribution in [2.45, 2.75) is 52.4 Å². The first-order valence-electron chi connectivity index (χ1n) is 34.6. The third kappa shape index (κ3) is 9.75. The van der Waals surface area contributed by atoms with E-state index in [4.69, 9.17) is 0 Å². The number of para-hydroxylation sites is 2. The van der Waals surface area contributed by atoms with Gasteiger partial charge in [-0.1, -0.05) is 333 Å². The van der Waals surface area contributed by atoms with Crippen LogP contribution in [0.4, 0.5) is 34.1 Å². The van der Waals surface area contributed by atoms with Crippen molar-refractivity contribution < 1.29 is 0 Å². The number of aromatic nitrogens is 1. The summed E-state index contributed by atoms with van der Waals surface area (Å²) in [6.45, 7) is 14.1. The fourth-order valence-electron chi connectivity index (χ4n) is 16.6. The zero-order chi connectivity index (χ0) is 66.3. The lowest BCUT2D eigenvalue weighted by molar-refractivity contribution is 0.591. The largest absolute Gasteiger partial charge is 0.311 e. The first-order valence-corrected chi connectivity index (χ1v) is 38.6. The van der Waals surface area contributed by atoms with E-state index in [1.54, 1.807) is 0 Å². The first-order chi connectivity index (χ1) is 47.9. The molecule has 17 rings (SSSR count). The Balaban J connectivity index is 0.991. The molecule has 6 heteroatoms. The normalized spacial score (nSPS) is 12.9. The number of hydrogen-bond donors (Lipinski definition) is 0. The van der Waals surface area contributed by atoms with Gasteiger partial charge in [-0.25, -0.2) is 0 Å². The lowest BCUT2D eigenvalue weighted by atomic mass is 9.33. The van der Waals surface area contributed by atoms with E-state index in [2.05, 4.69) is 408 Å². The highest BCUT2D eigenvalue weighted by Gasteiger charge is 2.48. The first kappa shape index (κ1) is 60.6. The molecule has 0 atom stereocenters. The van der Waals surface area contributed by atoms with Crippen molar-refractivity contribution in [3.8, 4) is 16.8 Å². The molecule has 0 saturated heterocycles. The number of benzene rings is 14. The molecule has 3 nitrogen and oxygen atoms in total. The van der Waals surface area contributed by atoms with E-state index in [-0.39, 0.29) is 17.5 Å². The van der Waals surface area contributed by atoms with Gasteiger partial charge in [-0.3, -0.25) is 0 Å². The molecule has 0 N–H and O–H groups in total. The van der Waals surface area contributed by atoms with Crippen LogP contribution in [0.1, 0.15) is 52.7 Å². The van der Waals surface area contributed by atoms with Gasteiger partial charge in [0.25, 0.3) is 6.71 Å². The van der Waals surface area contributed by atoms with Crippen molar-refractivity contribution in [1.29, 1.82) is 0 Å². The molecule has 0 radical (unpaired) electrons. The minimum absolute atomic E-state index is 0.142. The van der Waals surface area contributed by atoms with Crippen LogP contribution in [0, 0.1) is 0 Å². The van der Waals surface area contributed by atoms with E-state index in [9.17, 15) is 0 Å². The summed E-state index contributed by atoms with van der Waals surface area (Å²) >= 11 is 0. The van der Waals surface area contributed by atoms with Gasteiger partial charge in [-0.05, 0) is 146 Å². The molecule has 15 aromatic rings. The van der Waals surface area contributed by atoms with Crippen molar-refractivity contribution in [1.82, 2.24) is 4.57 Å². The van der Waals surface area contributed by atoms with Gasteiger partial charge in [-0.2, -0.15) is 0 Å². The molecule has 2 aliphatic rings. The predicted molar refractivity (Wildman–Crippen MR) is 425 cm³/mol. The van der Waals surface area contributed by atoms with Crippen LogP contribution in [0.2, 0.25) is 0 Å². The topological polar surface area (TPSA) is 11.4 Å². The smallest absolute Gasteiger partial charge is 0.252 e. The zero-order valence-corrected chi connectivity index (χ0v) is 58.4. The molecule has 0 unspecified atom stereocenters. The summed E-state index contributed by atoms with van der Waals surface area (Å²) < 4.78 is 2.53. The molecule has 1 aromatic heterocycles. The number of nitrogens with zero attached hydrogens (tertiary/aromatic N) is 3. The molecular formula is C92H76BN3Si2. The molecule has 0 spiro atoms. The van der Waals surface area contributed by atoms with Gasteiger partial charge in [0.1, 0.15) is 0 Å². The summed E-state index contributed by atoms with van der Waals surface area (Å²) in [7, 11) is -5.83. The van der Waals surface area contributed by atoms with Gasteiger partial charge in [0, 0.05) is 50.5 Å². The maximum absolute atomic E-state index is 2.93. The Bertz CT molecular complexity index is 5190. The van der Waals surface area contributed by atoms with Crippen LogP contribution in [0.3, 0.4) is 0 Å². The molecule has 98 heavy (non-hydrogen) atoms. The quantitative estimate of drug-likeness (QED) is 0.0892. The van der Waals surface area contributed by atoms with Crippen molar-refractivity contribution in [3.05, 3.63) is 363 Å². The second-order valence-electron chi connectivity index (χ2n) is 28.8. The summed E-state index contributed by atoms with van der Waals surface area (Å²) in [5.41, 5.74) is 18.9. The maximum atomic E-state index is 2.68. The van der Waals surface area contributed by atoms with Gasteiger partial charge < -0.3 is 14.4 Å². The van der Waals surface area contributed by atoms with E-state index in [0.717, 1.165) is 28.4 Å². The number of fused-ring (bicyclic) bond motifs is 7. The Morgan fingerprint density at radius 2 is 0.622 bits per heavy atom. The summed E-state index contributed by atoms with van der Waals surface area (Å²) in [6.07, 6.45) is 0. The fourth-order valence-corrected chi connectivity index (χ4v) is 26.1. The molecule has 14 aromatic carbocycles. The number of anilines is 6. The average molecular weight is 1290 g/mol. The van der Waals surface area contributed by atoms with Crippen molar-refractivity contribution in [2.75, 3.05) is 9.80 Å². The van der Waals surface area contributed by atoms with Gasteiger partial charge in [-0.15, -0.1) is 0 Å². The Labute approximate surface area is 579 Å². The van der Waals surface area contributed by atoms with Crippen molar-refractivity contribution >= 4 is 137 Å². The Morgan fingerprint density at radius 1 is 0.276 bits per heavy atom. The summed E-state index contributed by atoms with van der Waals surface area (Å²) in [6, 6.07) is 134. The molecule has 0 aliphatic carbocycles. The summed E-state index contributed by atoms with van der Waals surface area (Å²) in [4.78, 5) is 5.31. The van der Waals surface area contributed by atoms with Crippen LogP contribution in [0.25, 0.3) is 38.6 Å². The lowest BCUT2D eigenvalue weighted by Crippen LogP contribution is -2.74.